The predicted molar refractivity (Wildman–Crippen MR) is 404 cm³/mol. The van der Waals surface area contributed by atoms with Crippen LogP contribution in [-0.2, 0) is 65.4 Å². The lowest BCUT2D eigenvalue weighted by molar-refractivity contribution is -0.161. The van der Waals surface area contributed by atoms with Gasteiger partial charge in [0, 0.05) is 25.7 Å². The number of esters is 4. The van der Waals surface area contributed by atoms with E-state index in [1.807, 2.05) is 0 Å². The number of aliphatic hydroxyl groups is 1. The molecule has 0 aromatic heterocycles. The Labute approximate surface area is 604 Å². The van der Waals surface area contributed by atoms with Crippen molar-refractivity contribution < 1.29 is 80.2 Å². The van der Waals surface area contributed by atoms with Gasteiger partial charge in [0.2, 0.25) is 0 Å². The molecule has 0 aromatic carbocycles. The fourth-order valence-corrected chi connectivity index (χ4v) is 12.9. The lowest BCUT2D eigenvalue weighted by Crippen LogP contribution is -2.30. The van der Waals surface area contributed by atoms with E-state index in [9.17, 15) is 43.2 Å². The Hall–Kier alpha value is -2.98. The molecule has 17 nitrogen and oxygen atoms in total. The Balaban J connectivity index is 5.25. The Bertz CT molecular complexity index is 2080. The third-order valence-electron chi connectivity index (χ3n) is 17.5. The van der Waals surface area contributed by atoms with Crippen LogP contribution in [0.25, 0.3) is 0 Å². The Morgan fingerprint density at radius 1 is 0.313 bits per heavy atom. The van der Waals surface area contributed by atoms with Gasteiger partial charge in [-0.25, -0.2) is 9.13 Å². The lowest BCUT2D eigenvalue weighted by Gasteiger charge is -2.21. The molecule has 0 amide bonds. The van der Waals surface area contributed by atoms with Crippen molar-refractivity contribution in [2.24, 2.45) is 5.92 Å². The smallest absolute Gasteiger partial charge is 0.462 e. The molecule has 0 aliphatic rings. The standard InChI is InChI=1S/C80H148O17P2/c1-6-9-12-15-18-21-23-25-31-36-40-44-49-54-59-64-78(83)91-70-76(97-80(85)66-61-56-51-46-42-38-34-30-28-27-29-33-35-39-43-47-52-57-62-73(4)5)72-95-99(88,89)93-68-74(81)67-92-98(86,87)94-71-75(69-90-77(82)63-58-53-48-20-17-14-11-8-3)96-79(84)65-60-55-50-45-41-37-32-26-24-22-19-16-13-10-7-2/h21-26,31-32,73-76,81H,6-20,27-30,33-72H2,1-5H3,(H,86,87)(H,88,89)/b23-21-,24-22-,31-25-,32-26-/t74-,75+,76+/m0/s1. The number of hydrogen-bond donors (Lipinski definition) is 3. The molecule has 0 rings (SSSR count). The third-order valence-corrected chi connectivity index (χ3v) is 19.4. The summed E-state index contributed by atoms with van der Waals surface area (Å²) in [5, 5.41) is 10.6. The monoisotopic (exact) mass is 1440 g/mol. The molecule has 5 atom stereocenters. The highest BCUT2D eigenvalue weighted by Crippen LogP contribution is 2.45. The van der Waals surface area contributed by atoms with E-state index >= 15 is 0 Å². The number of carbonyl (C=O) groups excluding carboxylic acids is 4. The summed E-state index contributed by atoms with van der Waals surface area (Å²) < 4.78 is 68.5. The van der Waals surface area contributed by atoms with Crippen molar-refractivity contribution in [3.05, 3.63) is 48.6 Å². The van der Waals surface area contributed by atoms with Crippen LogP contribution < -0.4 is 0 Å². The number of unbranched alkanes of at least 4 members (excludes halogenated alkanes) is 42. The second-order valence-electron chi connectivity index (χ2n) is 27.9. The summed E-state index contributed by atoms with van der Waals surface area (Å²) in [7, 11) is -9.94. The van der Waals surface area contributed by atoms with Crippen molar-refractivity contribution in [2.75, 3.05) is 39.6 Å². The van der Waals surface area contributed by atoms with Crippen LogP contribution in [0.4, 0.5) is 0 Å². The highest BCUT2D eigenvalue weighted by Gasteiger charge is 2.30. The number of hydrogen-bond acceptors (Lipinski definition) is 15. The van der Waals surface area contributed by atoms with Crippen molar-refractivity contribution in [1.29, 1.82) is 0 Å². The van der Waals surface area contributed by atoms with Gasteiger partial charge in [-0.1, -0.05) is 321 Å². The number of carbonyl (C=O) groups is 4. The largest absolute Gasteiger partial charge is 0.472 e. The normalized spacial score (nSPS) is 14.2. The fraction of sp³-hybridized carbons (Fsp3) is 0.850. The summed E-state index contributed by atoms with van der Waals surface area (Å²) in [4.78, 5) is 72.8. The molecule has 0 saturated carbocycles. The molecule has 0 aromatic rings. The molecule has 0 aliphatic heterocycles. The molecular weight excluding hydrogens is 1290 g/mol. The first-order chi connectivity index (χ1) is 48.0. The second kappa shape index (κ2) is 72.0. The van der Waals surface area contributed by atoms with Crippen LogP contribution in [0.15, 0.2) is 48.6 Å². The topological polar surface area (TPSA) is 237 Å². The van der Waals surface area contributed by atoms with Gasteiger partial charge < -0.3 is 33.8 Å². The number of ether oxygens (including phenoxy) is 4. The fourth-order valence-electron chi connectivity index (χ4n) is 11.3. The molecule has 580 valence electrons. The first kappa shape index (κ1) is 96.0. The van der Waals surface area contributed by atoms with Crippen LogP contribution in [0.3, 0.4) is 0 Å². The number of phosphoric acid groups is 2. The van der Waals surface area contributed by atoms with Crippen molar-refractivity contribution in [2.45, 2.75) is 393 Å². The summed E-state index contributed by atoms with van der Waals surface area (Å²) in [5.74, 6) is -1.36. The summed E-state index contributed by atoms with van der Waals surface area (Å²) in [6, 6.07) is 0. The van der Waals surface area contributed by atoms with E-state index in [0.29, 0.717) is 25.7 Å². The van der Waals surface area contributed by atoms with Crippen LogP contribution in [-0.4, -0.2) is 96.7 Å². The van der Waals surface area contributed by atoms with Crippen molar-refractivity contribution in [3.8, 4) is 0 Å². The average molecular weight is 1440 g/mol. The minimum Gasteiger partial charge on any atom is -0.462 e. The minimum atomic E-state index is -4.97. The van der Waals surface area contributed by atoms with E-state index in [-0.39, 0.29) is 25.7 Å². The quantitative estimate of drug-likeness (QED) is 0.0169. The molecule has 0 saturated heterocycles. The summed E-state index contributed by atoms with van der Waals surface area (Å²) in [5.41, 5.74) is 0. The maximum atomic E-state index is 13.1. The Kier molecular flexibility index (Phi) is 69.8. The van der Waals surface area contributed by atoms with Gasteiger partial charge in [-0.05, 0) is 83.0 Å². The van der Waals surface area contributed by atoms with Crippen molar-refractivity contribution in [3.63, 3.8) is 0 Å². The Morgan fingerprint density at radius 2 is 0.545 bits per heavy atom. The number of phosphoric ester groups is 2. The summed E-state index contributed by atoms with van der Waals surface area (Å²) >= 11 is 0. The van der Waals surface area contributed by atoms with E-state index in [4.69, 9.17) is 37.0 Å². The van der Waals surface area contributed by atoms with Crippen LogP contribution in [0.5, 0.6) is 0 Å². The number of aliphatic hydroxyl groups excluding tert-OH is 1. The van der Waals surface area contributed by atoms with Gasteiger partial charge >= 0.3 is 39.5 Å². The van der Waals surface area contributed by atoms with E-state index in [0.717, 1.165) is 134 Å². The molecule has 3 N–H and O–H groups in total. The van der Waals surface area contributed by atoms with Gasteiger partial charge in [0.15, 0.2) is 12.2 Å². The van der Waals surface area contributed by atoms with Gasteiger partial charge in [0.25, 0.3) is 0 Å². The molecule has 0 aliphatic carbocycles. The van der Waals surface area contributed by atoms with Gasteiger partial charge in [-0.2, -0.15) is 0 Å². The molecule has 0 heterocycles. The lowest BCUT2D eigenvalue weighted by atomic mass is 10.0. The third kappa shape index (κ3) is 73.1. The van der Waals surface area contributed by atoms with Crippen LogP contribution in [0, 0.1) is 5.92 Å². The average Bonchev–Trinajstić information content (AvgIpc) is 1.38. The SMILES string of the molecule is CCCCCC/C=C\C=C/CCCCCCCC(=O)OC[C@H](COP(=O)(O)OC[C@@H](O)COP(=O)(O)OC[C@@H](COC(=O)CCCCCCCCCC)OC(=O)CCCCCCC/C=C\C=C/CCCCCC)OC(=O)CCCCCCCCCCCCCCCCCCCCC(C)C. The minimum absolute atomic E-state index is 0.0828. The zero-order valence-electron chi connectivity index (χ0n) is 63.6. The number of allylic oxidation sites excluding steroid dienone is 8. The van der Waals surface area contributed by atoms with Crippen LogP contribution in [0.2, 0.25) is 0 Å². The zero-order chi connectivity index (χ0) is 72.7. The van der Waals surface area contributed by atoms with Crippen LogP contribution >= 0.6 is 15.6 Å². The van der Waals surface area contributed by atoms with Crippen molar-refractivity contribution in [1.82, 2.24) is 0 Å². The van der Waals surface area contributed by atoms with E-state index in [2.05, 4.69) is 83.2 Å². The molecule has 0 fully saturated rings. The second-order valence-corrected chi connectivity index (χ2v) is 30.8. The molecular formula is C80H148O17P2. The van der Waals surface area contributed by atoms with Gasteiger partial charge in [0.05, 0.1) is 26.4 Å². The maximum absolute atomic E-state index is 13.1. The van der Waals surface area contributed by atoms with Gasteiger partial charge in [-0.3, -0.25) is 37.3 Å². The van der Waals surface area contributed by atoms with E-state index in [1.54, 1.807) is 0 Å². The zero-order valence-corrected chi connectivity index (χ0v) is 65.4. The van der Waals surface area contributed by atoms with E-state index < -0.39 is 97.5 Å². The summed E-state index contributed by atoms with van der Waals surface area (Å²) in [6.07, 6.45) is 68.3. The first-order valence-electron chi connectivity index (χ1n) is 40.3. The van der Waals surface area contributed by atoms with Crippen LogP contribution in [0.1, 0.15) is 375 Å². The highest BCUT2D eigenvalue weighted by atomic mass is 31.2. The summed E-state index contributed by atoms with van der Waals surface area (Å²) in [6.45, 7) is 7.19. The molecule has 0 radical (unpaired) electrons. The first-order valence-corrected chi connectivity index (χ1v) is 43.3. The molecule has 2 unspecified atom stereocenters. The maximum Gasteiger partial charge on any atom is 0.472 e. The Morgan fingerprint density at radius 3 is 0.828 bits per heavy atom. The predicted octanol–water partition coefficient (Wildman–Crippen LogP) is 23.1. The molecule has 0 spiro atoms. The highest BCUT2D eigenvalue weighted by molar-refractivity contribution is 7.47. The van der Waals surface area contributed by atoms with Crippen molar-refractivity contribution >= 4 is 39.5 Å². The number of rotatable bonds is 76. The molecule has 99 heavy (non-hydrogen) atoms. The molecule has 0 bridgehead atoms. The van der Waals surface area contributed by atoms with Gasteiger partial charge in [0.1, 0.15) is 19.3 Å². The van der Waals surface area contributed by atoms with E-state index in [1.165, 1.54) is 161 Å². The van der Waals surface area contributed by atoms with Gasteiger partial charge in [-0.15, -0.1) is 0 Å². The molecule has 19 heteroatoms.